The zero-order valence-electron chi connectivity index (χ0n) is 19.0. The summed E-state index contributed by atoms with van der Waals surface area (Å²) in [5, 5.41) is 7.84. The summed E-state index contributed by atoms with van der Waals surface area (Å²) in [4.78, 5) is 23.8. The van der Waals surface area contributed by atoms with Crippen LogP contribution in [-0.2, 0) is 9.59 Å². The molecule has 0 saturated heterocycles. The first-order valence-electron chi connectivity index (χ1n) is 10.6. The number of carbonyl (C=O) groups is 2. The van der Waals surface area contributed by atoms with Crippen molar-refractivity contribution in [3.05, 3.63) is 95.1 Å². The molecule has 2 N–H and O–H groups in total. The molecule has 0 atom stereocenters. The van der Waals surface area contributed by atoms with Gasteiger partial charge in [0.2, 0.25) is 0 Å². The van der Waals surface area contributed by atoms with Crippen LogP contribution in [0.5, 0.6) is 11.5 Å². The Morgan fingerprint density at radius 2 is 1.12 bits per heavy atom. The molecule has 0 heterocycles. The third kappa shape index (κ3) is 8.58. The molecule has 0 unspecified atom stereocenters. The van der Waals surface area contributed by atoms with Crippen molar-refractivity contribution in [2.45, 2.75) is 13.8 Å². The van der Waals surface area contributed by atoms with Gasteiger partial charge in [0.25, 0.3) is 11.8 Å². The summed E-state index contributed by atoms with van der Waals surface area (Å²) in [5.41, 5.74) is 8.84. The second-order valence-electron chi connectivity index (χ2n) is 7.46. The molecule has 8 heteroatoms. The van der Waals surface area contributed by atoms with E-state index in [1.807, 2.05) is 62.4 Å². The van der Waals surface area contributed by atoms with Crippen molar-refractivity contribution in [2.75, 3.05) is 13.2 Å². The Labute approximate surface area is 198 Å². The van der Waals surface area contributed by atoms with Crippen LogP contribution in [0, 0.1) is 13.8 Å². The van der Waals surface area contributed by atoms with Gasteiger partial charge in [0, 0.05) is 0 Å². The molecular formula is C26H26N4O4. The van der Waals surface area contributed by atoms with Gasteiger partial charge in [0.1, 0.15) is 11.5 Å². The summed E-state index contributed by atoms with van der Waals surface area (Å²) in [6.07, 6.45) is 3.14. The van der Waals surface area contributed by atoms with Crippen molar-refractivity contribution in [3.63, 3.8) is 0 Å². The molecule has 8 nitrogen and oxygen atoms in total. The Hall–Kier alpha value is -4.46. The topological polar surface area (TPSA) is 101 Å². The van der Waals surface area contributed by atoms with Crippen LogP contribution in [0.2, 0.25) is 0 Å². The minimum Gasteiger partial charge on any atom is -0.484 e. The van der Waals surface area contributed by atoms with Gasteiger partial charge in [-0.1, -0.05) is 59.7 Å². The van der Waals surface area contributed by atoms with Crippen molar-refractivity contribution in [1.29, 1.82) is 0 Å². The predicted molar refractivity (Wildman–Crippen MR) is 131 cm³/mol. The van der Waals surface area contributed by atoms with Crippen LogP contribution in [0.4, 0.5) is 0 Å². The summed E-state index contributed by atoms with van der Waals surface area (Å²) in [6.45, 7) is 3.59. The van der Waals surface area contributed by atoms with Gasteiger partial charge in [-0.05, 0) is 49.2 Å². The summed E-state index contributed by atoms with van der Waals surface area (Å²) < 4.78 is 10.9. The molecule has 0 bridgehead atoms. The van der Waals surface area contributed by atoms with Gasteiger partial charge in [0.05, 0.1) is 12.4 Å². The number of nitrogens with zero attached hydrogens (tertiary/aromatic N) is 2. The van der Waals surface area contributed by atoms with Crippen LogP contribution in [0.15, 0.2) is 83.0 Å². The average Bonchev–Trinajstić information content (AvgIpc) is 2.82. The van der Waals surface area contributed by atoms with Crippen molar-refractivity contribution in [3.8, 4) is 11.5 Å². The molecule has 3 aromatic carbocycles. The molecule has 0 spiro atoms. The van der Waals surface area contributed by atoms with Crippen LogP contribution in [0.1, 0.15) is 22.3 Å². The summed E-state index contributed by atoms with van der Waals surface area (Å²) in [7, 11) is 0. The standard InChI is InChI=1S/C26H26N4O4/c1-19-5-3-7-21(13-19)15-27-29-25(31)17-33-23-9-11-24(12-10-23)34-18-26(32)30-28-16-22-8-4-6-20(2)14-22/h3-16H,17-18H2,1-2H3,(H,29,31)(H,30,32). The normalized spacial score (nSPS) is 10.9. The van der Waals surface area contributed by atoms with Gasteiger partial charge in [-0.25, -0.2) is 10.9 Å². The number of hydrogen-bond donors (Lipinski definition) is 2. The molecule has 2 amide bonds. The molecular weight excluding hydrogens is 432 g/mol. The van der Waals surface area contributed by atoms with E-state index in [0.717, 1.165) is 22.3 Å². The van der Waals surface area contributed by atoms with Crippen LogP contribution in [0.25, 0.3) is 0 Å². The highest BCUT2D eigenvalue weighted by Crippen LogP contribution is 2.17. The monoisotopic (exact) mass is 458 g/mol. The first-order valence-corrected chi connectivity index (χ1v) is 10.6. The summed E-state index contributed by atoms with van der Waals surface area (Å²) >= 11 is 0. The number of carbonyl (C=O) groups excluding carboxylic acids is 2. The number of amides is 2. The molecule has 174 valence electrons. The smallest absolute Gasteiger partial charge is 0.277 e. The zero-order valence-corrected chi connectivity index (χ0v) is 19.0. The van der Waals surface area contributed by atoms with E-state index in [2.05, 4.69) is 21.1 Å². The number of hydrogen-bond acceptors (Lipinski definition) is 6. The minimum absolute atomic E-state index is 0.188. The molecule has 0 aliphatic heterocycles. The van der Waals surface area contributed by atoms with Crippen molar-refractivity contribution in [1.82, 2.24) is 10.9 Å². The maximum Gasteiger partial charge on any atom is 0.277 e. The third-order valence-corrected chi connectivity index (χ3v) is 4.45. The predicted octanol–water partition coefficient (Wildman–Crippen LogP) is 3.36. The first-order chi connectivity index (χ1) is 16.5. The number of hydrazone groups is 2. The molecule has 0 aliphatic carbocycles. The minimum atomic E-state index is -0.382. The van der Waals surface area contributed by atoms with Crippen molar-refractivity contribution < 1.29 is 19.1 Å². The van der Waals surface area contributed by atoms with E-state index < -0.39 is 0 Å². The molecule has 0 radical (unpaired) electrons. The van der Waals surface area contributed by atoms with E-state index in [4.69, 9.17) is 9.47 Å². The highest BCUT2D eigenvalue weighted by Gasteiger charge is 2.04. The first kappa shape index (κ1) is 24.2. The number of benzene rings is 3. The SMILES string of the molecule is Cc1cccc(C=NNC(=O)COc2ccc(OCC(=O)NN=Cc3cccc(C)c3)cc2)c1. The Kier molecular flexibility index (Phi) is 8.92. The number of aryl methyl sites for hydroxylation is 2. The van der Waals surface area contributed by atoms with Crippen molar-refractivity contribution >= 4 is 24.2 Å². The van der Waals surface area contributed by atoms with E-state index in [1.54, 1.807) is 36.7 Å². The zero-order chi connectivity index (χ0) is 24.2. The van der Waals surface area contributed by atoms with Gasteiger partial charge in [0.15, 0.2) is 13.2 Å². The van der Waals surface area contributed by atoms with Crippen LogP contribution >= 0.6 is 0 Å². The Bertz CT molecular complexity index is 1080. The Balaban J connectivity index is 1.35. The van der Waals surface area contributed by atoms with Crippen molar-refractivity contribution in [2.24, 2.45) is 10.2 Å². The summed E-state index contributed by atoms with van der Waals surface area (Å²) in [5.74, 6) is 0.203. The largest absolute Gasteiger partial charge is 0.484 e. The van der Waals surface area contributed by atoms with Crippen LogP contribution in [0.3, 0.4) is 0 Å². The van der Waals surface area contributed by atoms with Gasteiger partial charge >= 0.3 is 0 Å². The van der Waals surface area contributed by atoms with Gasteiger partial charge in [-0.15, -0.1) is 0 Å². The Morgan fingerprint density at radius 1 is 0.706 bits per heavy atom. The van der Waals surface area contributed by atoms with Gasteiger partial charge in [-0.3, -0.25) is 9.59 Å². The maximum atomic E-state index is 11.9. The fourth-order valence-corrected chi connectivity index (χ4v) is 2.85. The highest BCUT2D eigenvalue weighted by molar-refractivity contribution is 5.83. The number of nitrogens with one attached hydrogen (secondary N) is 2. The average molecular weight is 459 g/mol. The number of rotatable bonds is 10. The van der Waals surface area contributed by atoms with E-state index in [0.29, 0.717) is 11.5 Å². The van der Waals surface area contributed by atoms with Gasteiger partial charge in [-0.2, -0.15) is 10.2 Å². The second kappa shape index (κ2) is 12.5. The fourth-order valence-electron chi connectivity index (χ4n) is 2.85. The summed E-state index contributed by atoms with van der Waals surface area (Å²) in [6, 6.07) is 22.1. The third-order valence-electron chi connectivity index (χ3n) is 4.45. The van der Waals surface area contributed by atoms with Gasteiger partial charge < -0.3 is 9.47 Å². The molecule has 0 saturated carbocycles. The van der Waals surface area contributed by atoms with Crippen LogP contribution in [-0.4, -0.2) is 37.5 Å². The molecule has 0 aromatic heterocycles. The highest BCUT2D eigenvalue weighted by atomic mass is 16.5. The lowest BCUT2D eigenvalue weighted by molar-refractivity contribution is -0.123. The van der Waals surface area contributed by atoms with E-state index in [9.17, 15) is 9.59 Å². The Morgan fingerprint density at radius 3 is 1.50 bits per heavy atom. The van der Waals surface area contributed by atoms with Crippen LogP contribution < -0.4 is 20.3 Å². The number of ether oxygens (including phenoxy) is 2. The molecule has 34 heavy (non-hydrogen) atoms. The lowest BCUT2D eigenvalue weighted by Gasteiger charge is -2.08. The quantitative estimate of drug-likeness (QED) is 0.359. The molecule has 0 fully saturated rings. The lowest BCUT2D eigenvalue weighted by Crippen LogP contribution is -2.25. The molecule has 3 rings (SSSR count). The van der Waals surface area contributed by atoms with E-state index >= 15 is 0 Å². The molecule has 0 aliphatic rings. The second-order valence-corrected chi connectivity index (χ2v) is 7.46. The maximum absolute atomic E-state index is 11.9. The fraction of sp³-hybridized carbons (Fsp3) is 0.154. The molecule has 3 aromatic rings. The van der Waals surface area contributed by atoms with E-state index in [1.165, 1.54) is 0 Å². The van der Waals surface area contributed by atoms with E-state index in [-0.39, 0.29) is 25.0 Å². The lowest BCUT2D eigenvalue weighted by atomic mass is 10.2.